The van der Waals surface area contributed by atoms with Crippen LogP contribution in [0.3, 0.4) is 0 Å². The molecule has 2 rings (SSSR count). The maximum atomic E-state index is 12.1. The third-order valence-electron chi connectivity index (χ3n) is 3.18. The van der Waals surface area contributed by atoms with Crippen LogP contribution < -0.4 is 10.0 Å². The van der Waals surface area contributed by atoms with Gasteiger partial charge < -0.3 is 5.32 Å². The number of aryl methyl sites for hydroxylation is 1. The van der Waals surface area contributed by atoms with Crippen LogP contribution in [0, 0.1) is 18.3 Å². The van der Waals surface area contributed by atoms with Crippen LogP contribution in [0.5, 0.6) is 0 Å². The van der Waals surface area contributed by atoms with E-state index in [2.05, 4.69) is 10.0 Å². The molecule has 21 heavy (non-hydrogen) atoms. The van der Waals surface area contributed by atoms with E-state index >= 15 is 0 Å². The van der Waals surface area contributed by atoms with Crippen LogP contribution in [-0.4, -0.2) is 26.9 Å². The molecular weight excluding hydrogens is 290 g/mol. The predicted octanol–water partition coefficient (Wildman–Crippen LogP) is 0.814. The fourth-order valence-electron chi connectivity index (χ4n) is 1.92. The van der Waals surface area contributed by atoms with Crippen molar-refractivity contribution in [2.45, 2.75) is 37.1 Å². The third-order valence-corrected chi connectivity index (χ3v) is 4.80. The van der Waals surface area contributed by atoms with Crippen molar-refractivity contribution in [1.29, 1.82) is 5.26 Å². The molecule has 0 saturated heterocycles. The number of hydrogen-bond donors (Lipinski definition) is 2. The molecule has 7 heteroatoms. The van der Waals surface area contributed by atoms with Gasteiger partial charge in [-0.05, 0) is 43.5 Å². The molecule has 1 amide bonds. The molecule has 1 saturated carbocycles. The van der Waals surface area contributed by atoms with Gasteiger partial charge in [0, 0.05) is 19.0 Å². The lowest BCUT2D eigenvalue weighted by Crippen LogP contribution is -2.32. The van der Waals surface area contributed by atoms with E-state index in [0.29, 0.717) is 11.1 Å². The number of amides is 1. The first kappa shape index (κ1) is 15.5. The molecule has 0 spiro atoms. The first-order valence-electron chi connectivity index (χ1n) is 6.72. The van der Waals surface area contributed by atoms with Crippen molar-refractivity contribution >= 4 is 15.9 Å². The summed E-state index contributed by atoms with van der Waals surface area (Å²) in [4.78, 5) is 11.6. The molecule has 0 radical (unpaired) electrons. The molecule has 1 fully saturated rings. The minimum atomic E-state index is -3.66. The molecule has 0 aromatic heterocycles. The zero-order valence-electron chi connectivity index (χ0n) is 11.7. The Kier molecular flexibility index (Phi) is 4.60. The number of nitrogens with zero attached hydrogens (tertiary/aromatic N) is 1. The number of nitriles is 1. The van der Waals surface area contributed by atoms with Crippen molar-refractivity contribution in [3.63, 3.8) is 0 Å². The summed E-state index contributed by atoms with van der Waals surface area (Å²) in [5.41, 5.74) is 0.916. The van der Waals surface area contributed by atoms with Gasteiger partial charge in [-0.3, -0.25) is 4.79 Å². The minimum absolute atomic E-state index is 0.0559. The minimum Gasteiger partial charge on any atom is -0.353 e. The summed E-state index contributed by atoms with van der Waals surface area (Å²) in [6.07, 6.45) is 2.12. The molecule has 0 bridgehead atoms. The van der Waals surface area contributed by atoms with Gasteiger partial charge >= 0.3 is 0 Å². The van der Waals surface area contributed by atoms with Gasteiger partial charge in [0.05, 0.1) is 16.5 Å². The number of sulfonamides is 1. The number of carbonyl (C=O) groups excluding carboxylic acids is 1. The number of benzene rings is 1. The molecule has 0 aliphatic heterocycles. The molecule has 112 valence electrons. The van der Waals surface area contributed by atoms with Gasteiger partial charge in [-0.25, -0.2) is 13.1 Å². The number of nitrogens with one attached hydrogen (secondary N) is 2. The Balaban J connectivity index is 1.94. The van der Waals surface area contributed by atoms with Crippen molar-refractivity contribution in [3.05, 3.63) is 29.3 Å². The smallest absolute Gasteiger partial charge is 0.240 e. The Morgan fingerprint density at radius 2 is 2.14 bits per heavy atom. The quantitative estimate of drug-likeness (QED) is 0.812. The van der Waals surface area contributed by atoms with Gasteiger partial charge in [0.25, 0.3) is 0 Å². The van der Waals surface area contributed by atoms with Crippen LogP contribution in [0.25, 0.3) is 0 Å². The maximum Gasteiger partial charge on any atom is 0.240 e. The summed E-state index contributed by atoms with van der Waals surface area (Å²) in [7, 11) is -3.66. The molecule has 1 aliphatic rings. The molecule has 6 nitrogen and oxygen atoms in total. The summed E-state index contributed by atoms with van der Waals surface area (Å²) in [6.45, 7) is 1.69. The fraction of sp³-hybridized carbons (Fsp3) is 0.429. The second kappa shape index (κ2) is 6.24. The van der Waals surface area contributed by atoms with Crippen molar-refractivity contribution < 1.29 is 13.2 Å². The normalized spacial score (nSPS) is 14.5. The number of hydrogen-bond acceptors (Lipinski definition) is 4. The summed E-state index contributed by atoms with van der Waals surface area (Å²) in [5, 5.41) is 11.6. The second-order valence-corrected chi connectivity index (χ2v) is 6.82. The molecule has 2 N–H and O–H groups in total. The Bertz CT molecular complexity index is 688. The van der Waals surface area contributed by atoms with Crippen molar-refractivity contribution in [2.75, 3.05) is 6.54 Å². The van der Waals surface area contributed by atoms with Gasteiger partial charge in [-0.1, -0.05) is 0 Å². The lowest BCUT2D eigenvalue weighted by molar-refractivity contribution is -0.121. The number of carbonyl (C=O) groups is 1. The fourth-order valence-corrected chi connectivity index (χ4v) is 3.18. The Labute approximate surface area is 124 Å². The molecule has 0 heterocycles. The van der Waals surface area contributed by atoms with E-state index in [1.807, 2.05) is 6.07 Å². The van der Waals surface area contributed by atoms with Crippen molar-refractivity contribution in [3.8, 4) is 6.07 Å². The SMILES string of the molecule is Cc1cc(C#N)ccc1S(=O)(=O)NCCC(=O)NC1CC1. The highest BCUT2D eigenvalue weighted by atomic mass is 32.2. The van der Waals surface area contributed by atoms with Crippen LogP contribution in [0.15, 0.2) is 23.1 Å². The van der Waals surface area contributed by atoms with E-state index in [-0.39, 0.29) is 29.8 Å². The van der Waals surface area contributed by atoms with Gasteiger partial charge in [0.1, 0.15) is 0 Å². The summed E-state index contributed by atoms with van der Waals surface area (Å²) in [6, 6.07) is 6.62. The first-order valence-corrected chi connectivity index (χ1v) is 8.20. The Morgan fingerprint density at radius 1 is 1.43 bits per heavy atom. The van der Waals surface area contributed by atoms with Crippen LogP contribution in [0.1, 0.15) is 30.4 Å². The topological polar surface area (TPSA) is 99.1 Å². The van der Waals surface area contributed by atoms with Gasteiger partial charge in [-0.15, -0.1) is 0 Å². The van der Waals surface area contributed by atoms with Crippen LogP contribution in [0.2, 0.25) is 0 Å². The highest BCUT2D eigenvalue weighted by Crippen LogP contribution is 2.18. The molecular formula is C14H17N3O3S. The molecule has 0 unspecified atom stereocenters. The van der Waals surface area contributed by atoms with Gasteiger partial charge in [0.15, 0.2) is 0 Å². The van der Waals surface area contributed by atoms with Crippen LogP contribution >= 0.6 is 0 Å². The zero-order chi connectivity index (χ0) is 15.5. The molecule has 1 aromatic carbocycles. The van der Waals surface area contributed by atoms with E-state index < -0.39 is 10.0 Å². The maximum absolute atomic E-state index is 12.1. The monoisotopic (exact) mass is 307 g/mol. The molecule has 0 atom stereocenters. The Hall–Kier alpha value is -1.91. The third kappa shape index (κ3) is 4.28. The lowest BCUT2D eigenvalue weighted by Gasteiger charge is -2.09. The van der Waals surface area contributed by atoms with Crippen molar-refractivity contribution in [2.24, 2.45) is 0 Å². The standard InChI is InChI=1S/C14H17N3O3S/c1-10-8-11(9-15)2-5-13(10)21(19,20)16-7-6-14(18)17-12-3-4-12/h2,5,8,12,16H,3-4,6-7H2,1H3,(H,17,18). The van der Waals surface area contributed by atoms with Gasteiger partial charge in [-0.2, -0.15) is 5.26 Å². The summed E-state index contributed by atoms with van der Waals surface area (Å²) < 4.78 is 26.7. The highest BCUT2D eigenvalue weighted by Gasteiger charge is 2.23. The zero-order valence-corrected chi connectivity index (χ0v) is 12.5. The molecule has 1 aliphatic carbocycles. The highest BCUT2D eigenvalue weighted by molar-refractivity contribution is 7.89. The summed E-state index contributed by atoms with van der Waals surface area (Å²) in [5.74, 6) is -0.142. The lowest BCUT2D eigenvalue weighted by atomic mass is 10.2. The van der Waals surface area contributed by atoms with E-state index in [4.69, 9.17) is 5.26 Å². The van der Waals surface area contributed by atoms with E-state index in [1.54, 1.807) is 6.92 Å². The molecule has 1 aromatic rings. The van der Waals surface area contributed by atoms with Crippen LogP contribution in [-0.2, 0) is 14.8 Å². The van der Waals surface area contributed by atoms with Gasteiger partial charge in [0.2, 0.25) is 15.9 Å². The van der Waals surface area contributed by atoms with Crippen LogP contribution in [0.4, 0.5) is 0 Å². The Morgan fingerprint density at radius 3 is 2.71 bits per heavy atom. The first-order chi connectivity index (χ1) is 9.92. The second-order valence-electron chi connectivity index (χ2n) is 5.08. The number of rotatable bonds is 6. The van der Waals surface area contributed by atoms with Crippen molar-refractivity contribution in [1.82, 2.24) is 10.0 Å². The van der Waals surface area contributed by atoms with E-state index in [9.17, 15) is 13.2 Å². The predicted molar refractivity (Wildman–Crippen MR) is 76.9 cm³/mol. The van der Waals surface area contributed by atoms with E-state index in [1.165, 1.54) is 18.2 Å². The largest absolute Gasteiger partial charge is 0.353 e. The summed E-state index contributed by atoms with van der Waals surface area (Å²) >= 11 is 0. The average molecular weight is 307 g/mol. The van der Waals surface area contributed by atoms with E-state index in [0.717, 1.165) is 12.8 Å². The average Bonchev–Trinajstić information content (AvgIpc) is 3.21.